The molecule has 4 rings (SSSR count). The molecule has 2 aliphatic rings. The number of nitrogen functional groups attached to an aromatic ring is 1. The van der Waals surface area contributed by atoms with Gasteiger partial charge in [-0.1, -0.05) is 30.3 Å². The minimum absolute atomic E-state index is 0.00610. The lowest BCUT2D eigenvalue weighted by Gasteiger charge is -2.31. The third kappa shape index (κ3) is 2.78. The Morgan fingerprint density at radius 2 is 2.00 bits per heavy atom. The zero-order valence-electron chi connectivity index (χ0n) is 13.8. The number of piperidine rings is 1. The molecular formula is C18H24N6. The second-order valence-electron chi connectivity index (χ2n) is 6.72. The first kappa shape index (κ1) is 15.2. The summed E-state index contributed by atoms with van der Waals surface area (Å²) in [4.78, 5) is 2.52. The minimum Gasteiger partial charge on any atom is -0.369 e. The van der Waals surface area contributed by atoms with Gasteiger partial charge in [-0.05, 0) is 37.9 Å². The molecule has 0 unspecified atom stereocenters. The van der Waals surface area contributed by atoms with Crippen LogP contribution in [-0.2, 0) is 13.0 Å². The van der Waals surface area contributed by atoms with Crippen LogP contribution in [0.1, 0.15) is 35.6 Å². The highest BCUT2D eigenvalue weighted by Gasteiger charge is 2.30. The molecule has 1 aromatic carbocycles. The van der Waals surface area contributed by atoms with Crippen LogP contribution in [0.5, 0.6) is 0 Å². The molecule has 4 N–H and O–H groups in total. The fraction of sp³-hybridized carbons (Fsp3) is 0.444. The molecule has 24 heavy (non-hydrogen) atoms. The highest BCUT2D eigenvalue weighted by atomic mass is 15.4. The quantitative estimate of drug-likeness (QED) is 0.595. The summed E-state index contributed by atoms with van der Waals surface area (Å²) in [6, 6.07) is 10.7. The van der Waals surface area contributed by atoms with Crippen molar-refractivity contribution in [3.8, 4) is 0 Å². The molecule has 0 aliphatic carbocycles. The summed E-state index contributed by atoms with van der Waals surface area (Å²) in [5.41, 5.74) is 9.48. The Kier molecular flexibility index (Phi) is 3.98. The standard InChI is InChI=1S/C18H24N6/c19-18(20)24-17-15(6-9-21-17)16(22-24)14-7-10-23(11-8-14)12-13-4-2-1-3-5-13/h1-5,14,21H,6-12H2,(H3,19,20). The first-order chi connectivity index (χ1) is 11.7. The first-order valence-corrected chi connectivity index (χ1v) is 8.68. The van der Waals surface area contributed by atoms with Gasteiger partial charge in [0.1, 0.15) is 5.82 Å². The summed E-state index contributed by atoms with van der Waals surface area (Å²) in [6.45, 7) is 4.12. The summed E-state index contributed by atoms with van der Waals surface area (Å²) < 4.78 is 1.56. The maximum absolute atomic E-state index is 7.72. The van der Waals surface area contributed by atoms with Crippen LogP contribution in [0.15, 0.2) is 30.3 Å². The highest BCUT2D eigenvalue weighted by molar-refractivity contribution is 5.81. The fourth-order valence-electron chi connectivity index (χ4n) is 3.91. The second-order valence-corrected chi connectivity index (χ2v) is 6.72. The van der Waals surface area contributed by atoms with Crippen LogP contribution in [0.3, 0.4) is 0 Å². The Labute approximate surface area is 142 Å². The number of nitrogens with two attached hydrogens (primary N) is 1. The van der Waals surface area contributed by atoms with E-state index >= 15 is 0 Å². The zero-order chi connectivity index (χ0) is 16.5. The Morgan fingerprint density at radius 1 is 1.25 bits per heavy atom. The van der Waals surface area contributed by atoms with Crippen molar-refractivity contribution in [1.29, 1.82) is 5.41 Å². The van der Waals surface area contributed by atoms with E-state index in [0.717, 1.165) is 57.0 Å². The van der Waals surface area contributed by atoms with Crippen molar-refractivity contribution in [2.45, 2.75) is 31.7 Å². The molecule has 6 heteroatoms. The molecule has 1 fully saturated rings. The minimum atomic E-state index is -0.00610. The number of hydrogen-bond acceptors (Lipinski definition) is 4. The van der Waals surface area contributed by atoms with Gasteiger partial charge in [0.2, 0.25) is 5.96 Å². The van der Waals surface area contributed by atoms with Crippen LogP contribution >= 0.6 is 0 Å². The van der Waals surface area contributed by atoms with E-state index in [1.165, 1.54) is 11.1 Å². The number of nitrogens with zero attached hydrogens (tertiary/aromatic N) is 3. The van der Waals surface area contributed by atoms with Crippen LogP contribution in [0.4, 0.5) is 5.82 Å². The van der Waals surface area contributed by atoms with Crippen LogP contribution in [-0.4, -0.2) is 40.3 Å². The van der Waals surface area contributed by atoms with Gasteiger partial charge < -0.3 is 11.1 Å². The molecule has 126 valence electrons. The third-order valence-corrected chi connectivity index (χ3v) is 5.13. The van der Waals surface area contributed by atoms with E-state index < -0.39 is 0 Å². The Morgan fingerprint density at radius 3 is 2.71 bits per heavy atom. The van der Waals surface area contributed by atoms with E-state index in [0.29, 0.717) is 5.92 Å². The molecule has 1 aromatic heterocycles. The average molecular weight is 324 g/mol. The molecule has 0 atom stereocenters. The molecule has 0 bridgehead atoms. The number of hydrogen-bond donors (Lipinski definition) is 3. The lowest BCUT2D eigenvalue weighted by Crippen LogP contribution is -2.33. The summed E-state index contributed by atoms with van der Waals surface area (Å²) in [5, 5.41) is 15.7. The predicted octanol–water partition coefficient (Wildman–Crippen LogP) is 1.97. The van der Waals surface area contributed by atoms with Gasteiger partial charge in [-0.3, -0.25) is 10.3 Å². The van der Waals surface area contributed by atoms with Crippen LogP contribution in [0.25, 0.3) is 0 Å². The Balaban J connectivity index is 1.45. The number of anilines is 1. The second kappa shape index (κ2) is 6.28. The fourth-order valence-corrected chi connectivity index (χ4v) is 3.91. The van der Waals surface area contributed by atoms with Gasteiger partial charge in [-0.25, -0.2) is 0 Å². The molecule has 0 spiro atoms. The van der Waals surface area contributed by atoms with Gasteiger partial charge in [0.05, 0.1) is 5.69 Å². The van der Waals surface area contributed by atoms with E-state index in [-0.39, 0.29) is 5.96 Å². The van der Waals surface area contributed by atoms with Gasteiger partial charge in [0.25, 0.3) is 0 Å². The van der Waals surface area contributed by atoms with E-state index in [9.17, 15) is 0 Å². The molecular weight excluding hydrogens is 300 g/mol. The van der Waals surface area contributed by atoms with Crippen molar-refractivity contribution in [2.24, 2.45) is 5.73 Å². The first-order valence-electron chi connectivity index (χ1n) is 8.68. The van der Waals surface area contributed by atoms with Crippen molar-refractivity contribution in [3.63, 3.8) is 0 Å². The molecule has 2 aliphatic heterocycles. The van der Waals surface area contributed by atoms with Gasteiger partial charge in [-0.15, -0.1) is 0 Å². The highest BCUT2D eigenvalue weighted by Crippen LogP contribution is 2.35. The van der Waals surface area contributed by atoms with Crippen molar-refractivity contribution in [3.05, 3.63) is 47.2 Å². The van der Waals surface area contributed by atoms with Gasteiger partial charge in [-0.2, -0.15) is 9.78 Å². The number of aromatic nitrogens is 2. The maximum Gasteiger partial charge on any atom is 0.215 e. The topological polar surface area (TPSA) is 83.0 Å². The molecule has 0 amide bonds. The molecule has 1 saturated heterocycles. The normalized spacial score (nSPS) is 18.3. The Hall–Kier alpha value is -2.34. The summed E-state index contributed by atoms with van der Waals surface area (Å²) in [7, 11) is 0. The number of fused-ring (bicyclic) bond motifs is 1. The SMILES string of the molecule is N=C(N)n1nc(C2CCN(Cc3ccccc3)CC2)c2c1NCC2. The number of rotatable bonds is 3. The monoisotopic (exact) mass is 324 g/mol. The molecule has 2 aromatic rings. The van der Waals surface area contributed by atoms with Gasteiger partial charge >= 0.3 is 0 Å². The van der Waals surface area contributed by atoms with Gasteiger partial charge in [0.15, 0.2) is 0 Å². The Bertz CT molecular complexity index is 727. The maximum atomic E-state index is 7.72. The summed E-state index contributed by atoms with van der Waals surface area (Å²) in [5.74, 6) is 1.41. The molecule has 0 saturated carbocycles. The van der Waals surface area contributed by atoms with E-state index in [2.05, 4.69) is 45.6 Å². The lowest BCUT2D eigenvalue weighted by molar-refractivity contribution is 0.203. The van der Waals surface area contributed by atoms with E-state index in [1.54, 1.807) is 4.68 Å². The molecule has 6 nitrogen and oxygen atoms in total. The molecule has 3 heterocycles. The number of likely N-dealkylation sites (tertiary alicyclic amines) is 1. The summed E-state index contributed by atoms with van der Waals surface area (Å²) in [6.07, 6.45) is 3.23. The number of nitrogens with one attached hydrogen (secondary N) is 2. The largest absolute Gasteiger partial charge is 0.369 e. The van der Waals surface area contributed by atoms with Crippen LogP contribution in [0.2, 0.25) is 0 Å². The summed E-state index contributed by atoms with van der Waals surface area (Å²) >= 11 is 0. The van der Waals surface area contributed by atoms with Crippen LogP contribution in [0, 0.1) is 5.41 Å². The molecule has 0 radical (unpaired) electrons. The van der Waals surface area contributed by atoms with Crippen LogP contribution < -0.4 is 11.1 Å². The predicted molar refractivity (Wildman–Crippen MR) is 95.4 cm³/mol. The van der Waals surface area contributed by atoms with Crippen molar-refractivity contribution >= 4 is 11.8 Å². The third-order valence-electron chi connectivity index (χ3n) is 5.13. The van der Waals surface area contributed by atoms with E-state index in [4.69, 9.17) is 11.1 Å². The van der Waals surface area contributed by atoms with Crippen molar-refractivity contribution < 1.29 is 0 Å². The smallest absolute Gasteiger partial charge is 0.215 e. The lowest BCUT2D eigenvalue weighted by atomic mass is 9.90. The van der Waals surface area contributed by atoms with Crippen molar-refractivity contribution in [2.75, 3.05) is 25.0 Å². The van der Waals surface area contributed by atoms with Gasteiger partial charge in [0, 0.05) is 24.6 Å². The number of benzene rings is 1. The van der Waals surface area contributed by atoms with Crippen molar-refractivity contribution in [1.82, 2.24) is 14.7 Å². The average Bonchev–Trinajstić information content (AvgIpc) is 3.19. The zero-order valence-corrected chi connectivity index (χ0v) is 13.8. The van der Waals surface area contributed by atoms with E-state index in [1.807, 2.05) is 0 Å².